The van der Waals surface area contributed by atoms with Crippen LogP contribution in [0.25, 0.3) is 0 Å². The number of halogens is 2. The molecular formula is C15H23Br2NO. The Hall–Kier alpha value is -0.0600. The molecule has 108 valence electrons. The SMILES string of the molecule is CCC(CC)(CC)NCc1cc(Br)cc(Br)c1OC. The average molecular weight is 393 g/mol. The minimum absolute atomic E-state index is 0.222. The number of rotatable bonds is 7. The number of hydrogen-bond acceptors (Lipinski definition) is 2. The summed E-state index contributed by atoms with van der Waals surface area (Å²) in [7, 11) is 1.71. The van der Waals surface area contributed by atoms with Gasteiger partial charge in [-0.05, 0) is 47.3 Å². The Morgan fingerprint density at radius 3 is 2.16 bits per heavy atom. The molecule has 0 fully saturated rings. The van der Waals surface area contributed by atoms with Crippen LogP contribution in [0.5, 0.6) is 5.75 Å². The molecule has 0 saturated carbocycles. The van der Waals surface area contributed by atoms with Gasteiger partial charge in [0.25, 0.3) is 0 Å². The van der Waals surface area contributed by atoms with Crippen molar-refractivity contribution in [3.8, 4) is 5.75 Å². The molecule has 1 rings (SSSR count). The lowest BCUT2D eigenvalue weighted by molar-refractivity contribution is 0.285. The second kappa shape index (κ2) is 7.65. The minimum Gasteiger partial charge on any atom is -0.495 e. The van der Waals surface area contributed by atoms with Crippen LogP contribution < -0.4 is 10.1 Å². The van der Waals surface area contributed by atoms with Crippen LogP contribution in [-0.4, -0.2) is 12.6 Å². The normalized spacial score (nSPS) is 11.7. The lowest BCUT2D eigenvalue weighted by atomic mass is 9.89. The fourth-order valence-corrected chi connectivity index (χ4v) is 3.86. The summed E-state index contributed by atoms with van der Waals surface area (Å²) in [4.78, 5) is 0. The summed E-state index contributed by atoms with van der Waals surface area (Å²) in [6.07, 6.45) is 3.41. The van der Waals surface area contributed by atoms with Crippen molar-refractivity contribution >= 4 is 31.9 Å². The molecule has 19 heavy (non-hydrogen) atoms. The third-order valence-corrected chi connectivity index (χ3v) is 5.02. The molecule has 0 atom stereocenters. The van der Waals surface area contributed by atoms with Crippen molar-refractivity contribution in [1.29, 1.82) is 0 Å². The predicted octanol–water partition coefficient (Wildman–Crippen LogP) is 5.28. The number of ether oxygens (including phenoxy) is 1. The molecule has 2 nitrogen and oxygen atoms in total. The molecule has 4 heteroatoms. The number of nitrogens with one attached hydrogen (secondary N) is 1. The molecule has 0 saturated heterocycles. The van der Waals surface area contributed by atoms with E-state index in [2.05, 4.69) is 64.0 Å². The highest BCUT2D eigenvalue weighted by Crippen LogP contribution is 2.33. The highest BCUT2D eigenvalue weighted by Gasteiger charge is 2.23. The summed E-state index contributed by atoms with van der Waals surface area (Å²) in [5, 5.41) is 3.71. The molecule has 0 heterocycles. The van der Waals surface area contributed by atoms with Crippen molar-refractivity contribution in [3.05, 3.63) is 26.6 Å². The highest BCUT2D eigenvalue weighted by atomic mass is 79.9. The molecule has 0 amide bonds. The third kappa shape index (κ3) is 4.20. The van der Waals surface area contributed by atoms with Crippen LogP contribution in [0.2, 0.25) is 0 Å². The monoisotopic (exact) mass is 391 g/mol. The van der Waals surface area contributed by atoms with Gasteiger partial charge in [0, 0.05) is 22.1 Å². The summed E-state index contributed by atoms with van der Waals surface area (Å²) < 4.78 is 7.53. The van der Waals surface area contributed by atoms with Gasteiger partial charge in [0.05, 0.1) is 11.6 Å². The fraction of sp³-hybridized carbons (Fsp3) is 0.600. The number of hydrogen-bond donors (Lipinski definition) is 1. The summed E-state index contributed by atoms with van der Waals surface area (Å²) in [6.45, 7) is 7.55. The largest absolute Gasteiger partial charge is 0.495 e. The molecule has 0 aliphatic carbocycles. The van der Waals surface area contributed by atoms with Gasteiger partial charge in [-0.15, -0.1) is 0 Å². The van der Waals surface area contributed by atoms with E-state index < -0.39 is 0 Å². The number of benzene rings is 1. The van der Waals surface area contributed by atoms with Crippen molar-refractivity contribution in [2.24, 2.45) is 0 Å². The maximum atomic E-state index is 5.49. The van der Waals surface area contributed by atoms with Crippen LogP contribution in [0, 0.1) is 0 Å². The van der Waals surface area contributed by atoms with E-state index in [1.165, 1.54) is 5.56 Å². The van der Waals surface area contributed by atoms with Gasteiger partial charge in [-0.25, -0.2) is 0 Å². The Labute approximate surface area is 133 Å². The predicted molar refractivity (Wildman–Crippen MR) is 88.8 cm³/mol. The Kier molecular flexibility index (Phi) is 6.84. The van der Waals surface area contributed by atoms with Crippen molar-refractivity contribution < 1.29 is 4.74 Å². The molecule has 1 aromatic rings. The third-order valence-electron chi connectivity index (χ3n) is 3.97. The zero-order valence-electron chi connectivity index (χ0n) is 12.1. The summed E-state index contributed by atoms with van der Waals surface area (Å²) in [6, 6.07) is 4.12. The van der Waals surface area contributed by atoms with Gasteiger partial charge in [-0.2, -0.15) is 0 Å². The van der Waals surface area contributed by atoms with Gasteiger partial charge in [0.1, 0.15) is 5.75 Å². The van der Waals surface area contributed by atoms with E-state index in [-0.39, 0.29) is 5.54 Å². The smallest absolute Gasteiger partial charge is 0.137 e. The van der Waals surface area contributed by atoms with Gasteiger partial charge in [0.2, 0.25) is 0 Å². The van der Waals surface area contributed by atoms with Crippen LogP contribution in [0.15, 0.2) is 21.1 Å². The topological polar surface area (TPSA) is 21.3 Å². The van der Waals surface area contributed by atoms with Crippen molar-refractivity contribution in [1.82, 2.24) is 5.32 Å². The molecule has 0 aliphatic heterocycles. The van der Waals surface area contributed by atoms with E-state index in [4.69, 9.17) is 4.74 Å². The first-order valence-electron chi connectivity index (χ1n) is 6.78. The standard InChI is InChI=1S/C15H23Br2NO/c1-5-15(6-2,7-3)18-10-11-8-12(16)9-13(17)14(11)19-4/h8-9,18H,5-7,10H2,1-4H3. The summed E-state index contributed by atoms with van der Waals surface area (Å²) in [5.41, 5.74) is 1.39. The minimum atomic E-state index is 0.222. The molecule has 0 aliphatic rings. The summed E-state index contributed by atoms with van der Waals surface area (Å²) in [5.74, 6) is 0.910. The molecule has 1 aromatic carbocycles. The lowest BCUT2D eigenvalue weighted by Gasteiger charge is -2.32. The van der Waals surface area contributed by atoms with E-state index >= 15 is 0 Å². The number of methoxy groups -OCH3 is 1. The van der Waals surface area contributed by atoms with Gasteiger partial charge in [0.15, 0.2) is 0 Å². The maximum Gasteiger partial charge on any atom is 0.137 e. The Balaban J connectivity index is 2.93. The Morgan fingerprint density at radius 2 is 1.68 bits per heavy atom. The zero-order valence-corrected chi connectivity index (χ0v) is 15.3. The summed E-state index contributed by atoms with van der Waals surface area (Å²) >= 11 is 7.08. The second-order valence-electron chi connectivity index (χ2n) is 4.77. The lowest BCUT2D eigenvalue weighted by Crippen LogP contribution is -2.43. The van der Waals surface area contributed by atoms with Crippen molar-refractivity contribution in [2.75, 3.05) is 7.11 Å². The molecule has 0 spiro atoms. The first-order chi connectivity index (χ1) is 9.01. The average Bonchev–Trinajstić information content (AvgIpc) is 2.40. The molecule has 1 N–H and O–H groups in total. The van der Waals surface area contributed by atoms with E-state index in [1.807, 2.05) is 6.07 Å². The second-order valence-corrected chi connectivity index (χ2v) is 6.54. The van der Waals surface area contributed by atoms with Gasteiger partial charge < -0.3 is 10.1 Å². The van der Waals surface area contributed by atoms with Crippen LogP contribution in [0.3, 0.4) is 0 Å². The quantitative estimate of drug-likeness (QED) is 0.681. The highest BCUT2D eigenvalue weighted by molar-refractivity contribution is 9.11. The van der Waals surface area contributed by atoms with Gasteiger partial charge in [-0.3, -0.25) is 0 Å². The van der Waals surface area contributed by atoms with Crippen molar-refractivity contribution in [2.45, 2.75) is 52.1 Å². The molecule has 0 unspecified atom stereocenters. The van der Waals surface area contributed by atoms with Crippen LogP contribution in [-0.2, 0) is 6.54 Å². The molecule has 0 bridgehead atoms. The van der Waals surface area contributed by atoms with Gasteiger partial charge >= 0.3 is 0 Å². The van der Waals surface area contributed by atoms with E-state index in [1.54, 1.807) is 7.11 Å². The van der Waals surface area contributed by atoms with Crippen molar-refractivity contribution in [3.63, 3.8) is 0 Å². The Bertz CT molecular complexity index is 409. The Morgan fingerprint density at radius 1 is 1.11 bits per heavy atom. The zero-order chi connectivity index (χ0) is 14.5. The maximum absolute atomic E-state index is 5.49. The molecular weight excluding hydrogens is 370 g/mol. The van der Waals surface area contributed by atoms with Crippen LogP contribution >= 0.6 is 31.9 Å². The molecule has 0 aromatic heterocycles. The first-order valence-corrected chi connectivity index (χ1v) is 8.37. The van der Waals surface area contributed by atoms with Crippen LogP contribution in [0.1, 0.15) is 45.6 Å². The van der Waals surface area contributed by atoms with E-state index in [9.17, 15) is 0 Å². The van der Waals surface area contributed by atoms with Gasteiger partial charge in [-0.1, -0.05) is 36.7 Å². The first kappa shape index (κ1) is 17.0. The molecule has 0 radical (unpaired) electrons. The van der Waals surface area contributed by atoms with E-state index in [0.717, 1.165) is 40.5 Å². The van der Waals surface area contributed by atoms with E-state index in [0.29, 0.717) is 0 Å². The fourth-order valence-electron chi connectivity index (χ4n) is 2.38. The van der Waals surface area contributed by atoms with Crippen LogP contribution in [0.4, 0.5) is 0 Å².